The Hall–Kier alpha value is -1.36. The predicted octanol–water partition coefficient (Wildman–Crippen LogP) is 3.28. The number of nitrogens with two attached hydrogens (primary N) is 1. The van der Waals surface area contributed by atoms with Gasteiger partial charge in [0.15, 0.2) is 0 Å². The molecule has 0 saturated heterocycles. The maximum atomic E-state index is 6.18. The molecule has 1 aromatic heterocycles. The number of hydrogen-bond acceptors (Lipinski definition) is 4. The van der Waals surface area contributed by atoms with Gasteiger partial charge in [0, 0.05) is 18.2 Å². The molecule has 2 aromatic rings. The molecule has 3 nitrogen and oxygen atoms in total. The number of thiophene rings is 1. The number of hydrogen-bond donors (Lipinski definition) is 1. The number of rotatable bonds is 6. The highest BCUT2D eigenvalue weighted by atomic mass is 32.1. The van der Waals surface area contributed by atoms with E-state index in [1.54, 1.807) is 18.4 Å². The number of likely N-dealkylation sites (N-methyl/N-ethyl adjacent to an activating group) is 1. The zero-order valence-electron chi connectivity index (χ0n) is 12.2. The van der Waals surface area contributed by atoms with Gasteiger partial charge in [0.25, 0.3) is 0 Å². The molecule has 20 heavy (non-hydrogen) atoms. The van der Waals surface area contributed by atoms with Gasteiger partial charge in [-0.1, -0.05) is 18.2 Å². The molecule has 0 amide bonds. The van der Waals surface area contributed by atoms with E-state index in [0.29, 0.717) is 0 Å². The lowest BCUT2D eigenvalue weighted by molar-refractivity contribution is 0.209. The maximum Gasteiger partial charge on any atom is 0.123 e. The minimum absolute atomic E-state index is 0.0734. The fraction of sp³-hybridized carbons (Fsp3) is 0.375. The zero-order valence-corrected chi connectivity index (χ0v) is 13.1. The van der Waals surface area contributed by atoms with Crippen LogP contribution in [0.25, 0.3) is 0 Å². The topological polar surface area (TPSA) is 38.5 Å². The van der Waals surface area contributed by atoms with Gasteiger partial charge in [-0.25, -0.2) is 0 Å². The minimum atomic E-state index is 0.0734. The summed E-state index contributed by atoms with van der Waals surface area (Å²) in [6.45, 7) is 2.87. The molecule has 4 heteroatoms. The maximum absolute atomic E-state index is 6.18. The van der Waals surface area contributed by atoms with Gasteiger partial charge in [0.1, 0.15) is 5.75 Å². The molecule has 0 aliphatic carbocycles. The van der Waals surface area contributed by atoms with E-state index in [1.807, 2.05) is 18.2 Å². The molecule has 2 rings (SSSR count). The van der Waals surface area contributed by atoms with E-state index in [2.05, 4.69) is 41.8 Å². The Labute approximate surface area is 125 Å². The highest BCUT2D eigenvalue weighted by Gasteiger charge is 2.22. The molecule has 0 aliphatic rings. The van der Waals surface area contributed by atoms with Crippen LogP contribution in [0.15, 0.2) is 41.1 Å². The molecule has 0 bridgehead atoms. The summed E-state index contributed by atoms with van der Waals surface area (Å²) in [5.41, 5.74) is 8.64. The predicted molar refractivity (Wildman–Crippen MR) is 85.2 cm³/mol. The molecule has 0 fully saturated rings. The quantitative estimate of drug-likeness (QED) is 0.887. The standard InChI is InChI=1S/C16H22N2OS/c1-12(17)16(14-8-9-20-11-14)18(2)10-13-6-4-5-7-15(13)19-3/h4-9,11-12,16H,10,17H2,1-3H3. The molecular weight excluding hydrogens is 268 g/mol. The molecule has 108 valence electrons. The lowest BCUT2D eigenvalue weighted by Crippen LogP contribution is -2.36. The Morgan fingerprint density at radius 2 is 2.05 bits per heavy atom. The van der Waals surface area contributed by atoms with Crippen LogP contribution in [0.1, 0.15) is 24.1 Å². The first-order valence-corrected chi connectivity index (χ1v) is 7.67. The molecule has 1 heterocycles. The summed E-state index contributed by atoms with van der Waals surface area (Å²) in [5.74, 6) is 0.924. The Morgan fingerprint density at radius 3 is 2.65 bits per heavy atom. The van der Waals surface area contributed by atoms with Crippen LogP contribution in [-0.2, 0) is 6.54 Å². The van der Waals surface area contributed by atoms with Crippen molar-refractivity contribution in [1.29, 1.82) is 0 Å². The fourth-order valence-corrected chi connectivity index (χ4v) is 3.29. The van der Waals surface area contributed by atoms with Crippen molar-refractivity contribution in [3.05, 3.63) is 52.2 Å². The van der Waals surface area contributed by atoms with Crippen molar-refractivity contribution < 1.29 is 4.74 Å². The normalized spacial score (nSPS) is 14.2. The summed E-state index contributed by atoms with van der Waals surface area (Å²) >= 11 is 1.71. The second-order valence-electron chi connectivity index (χ2n) is 5.09. The molecular formula is C16H22N2OS. The third-order valence-electron chi connectivity index (χ3n) is 3.47. The van der Waals surface area contributed by atoms with Crippen LogP contribution in [0.3, 0.4) is 0 Å². The zero-order chi connectivity index (χ0) is 14.5. The van der Waals surface area contributed by atoms with Crippen molar-refractivity contribution in [3.8, 4) is 5.75 Å². The van der Waals surface area contributed by atoms with Gasteiger partial charge < -0.3 is 10.5 Å². The lowest BCUT2D eigenvalue weighted by Gasteiger charge is -2.31. The number of para-hydroxylation sites is 1. The highest BCUT2D eigenvalue weighted by Crippen LogP contribution is 2.28. The summed E-state index contributed by atoms with van der Waals surface area (Å²) in [5, 5.41) is 4.27. The highest BCUT2D eigenvalue weighted by molar-refractivity contribution is 7.07. The van der Waals surface area contributed by atoms with Gasteiger partial charge >= 0.3 is 0 Å². The first-order valence-electron chi connectivity index (χ1n) is 6.73. The van der Waals surface area contributed by atoms with Gasteiger partial charge in [0.2, 0.25) is 0 Å². The Balaban J connectivity index is 2.19. The number of benzene rings is 1. The average molecular weight is 290 g/mol. The van der Waals surface area contributed by atoms with Gasteiger partial charge in [0.05, 0.1) is 13.2 Å². The van der Waals surface area contributed by atoms with Gasteiger partial charge in [-0.15, -0.1) is 0 Å². The molecule has 2 N–H and O–H groups in total. The minimum Gasteiger partial charge on any atom is -0.496 e. The smallest absolute Gasteiger partial charge is 0.123 e. The Morgan fingerprint density at radius 1 is 1.30 bits per heavy atom. The lowest BCUT2D eigenvalue weighted by atomic mass is 10.0. The Kier molecular flexibility index (Phi) is 5.17. The summed E-state index contributed by atoms with van der Waals surface area (Å²) in [7, 11) is 3.82. The van der Waals surface area contributed by atoms with Crippen LogP contribution in [0.5, 0.6) is 5.75 Å². The summed E-state index contributed by atoms with van der Waals surface area (Å²) < 4.78 is 5.42. The van der Waals surface area contributed by atoms with Crippen LogP contribution < -0.4 is 10.5 Å². The van der Waals surface area contributed by atoms with Crippen molar-refractivity contribution in [3.63, 3.8) is 0 Å². The summed E-state index contributed by atoms with van der Waals surface area (Å²) in [4.78, 5) is 2.28. The number of ether oxygens (including phenoxy) is 1. The van der Waals surface area contributed by atoms with Gasteiger partial charge in [-0.2, -0.15) is 11.3 Å². The molecule has 0 aliphatic heterocycles. The number of nitrogens with zero attached hydrogens (tertiary/aromatic N) is 1. The van der Waals surface area contributed by atoms with Crippen LogP contribution in [-0.4, -0.2) is 25.1 Å². The first kappa shape index (κ1) is 15.0. The molecule has 0 spiro atoms. The third-order valence-corrected chi connectivity index (χ3v) is 4.17. The second kappa shape index (κ2) is 6.88. The molecule has 0 saturated carbocycles. The van der Waals surface area contributed by atoms with E-state index >= 15 is 0 Å². The molecule has 2 unspecified atom stereocenters. The molecule has 2 atom stereocenters. The Bertz CT molecular complexity index is 525. The van der Waals surface area contributed by atoms with Crippen molar-refractivity contribution >= 4 is 11.3 Å². The fourth-order valence-electron chi connectivity index (χ4n) is 2.60. The van der Waals surface area contributed by atoms with Crippen LogP contribution in [0.2, 0.25) is 0 Å². The SMILES string of the molecule is COc1ccccc1CN(C)C(c1ccsc1)C(C)N. The molecule has 0 radical (unpaired) electrons. The van der Waals surface area contributed by atoms with E-state index in [9.17, 15) is 0 Å². The van der Waals surface area contributed by atoms with E-state index in [1.165, 1.54) is 11.1 Å². The van der Waals surface area contributed by atoms with Crippen LogP contribution >= 0.6 is 11.3 Å². The van der Waals surface area contributed by atoms with Crippen molar-refractivity contribution in [2.24, 2.45) is 5.73 Å². The average Bonchev–Trinajstić information content (AvgIpc) is 2.92. The van der Waals surface area contributed by atoms with Gasteiger partial charge in [-0.3, -0.25) is 4.90 Å². The van der Waals surface area contributed by atoms with Crippen molar-refractivity contribution in [1.82, 2.24) is 4.90 Å². The summed E-state index contributed by atoms with van der Waals surface area (Å²) in [6, 6.07) is 10.6. The second-order valence-corrected chi connectivity index (χ2v) is 5.87. The van der Waals surface area contributed by atoms with Gasteiger partial charge in [-0.05, 0) is 42.4 Å². The summed E-state index contributed by atoms with van der Waals surface area (Å²) in [6.07, 6.45) is 0. The monoisotopic (exact) mass is 290 g/mol. The van der Waals surface area contributed by atoms with E-state index < -0.39 is 0 Å². The van der Waals surface area contributed by atoms with Crippen molar-refractivity contribution in [2.75, 3.05) is 14.2 Å². The molecule has 1 aromatic carbocycles. The van der Waals surface area contributed by atoms with E-state index in [-0.39, 0.29) is 12.1 Å². The van der Waals surface area contributed by atoms with Crippen LogP contribution in [0.4, 0.5) is 0 Å². The first-order chi connectivity index (χ1) is 9.63. The van der Waals surface area contributed by atoms with E-state index in [4.69, 9.17) is 10.5 Å². The third kappa shape index (κ3) is 3.39. The van der Waals surface area contributed by atoms with Crippen molar-refractivity contribution in [2.45, 2.75) is 25.6 Å². The van der Waals surface area contributed by atoms with Crippen LogP contribution in [0, 0.1) is 0 Å². The van der Waals surface area contributed by atoms with E-state index in [0.717, 1.165) is 12.3 Å². The number of methoxy groups -OCH3 is 1. The largest absolute Gasteiger partial charge is 0.496 e.